The van der Waals surface area contributed by atoms with Gasteiger partial charge in [0.1, 0.15) is 0 Å². The van der Waals surface area contributed by atoms with Gasteiger partial charge in [-0.25, -0.2) is 0 Å². The van der Waals surface area contributed by atoms with E-state index in [0.717, 1.165) is 14.2 Å². The summed E-state index contributed by atoms with van der Waals surface area (Å²) in [4.78, 5) is 0. The van der Waals surface area contributed by atoms with Crippen LogP contribution in [0.15, 0.2) is 22.5 Å². The summed E-state index contributed by atoms with van der Waals surface area (Å²) in [7, 11) is -2.14. The van der Waals surface area contributed by atoms with Crippen molar-refractivity contribution in [1.29, 1.82) is 0 Å². The molecule has 6 heteroatoms. The van der Waals surface area contributed by atoms with Crippen LogP contribution in [0.25, 0.3) is 0 Å². The van der Waals surface area contributed by atoms with Gasteiger partial charge in [0.15, 0.2) is 0 Å². The van der Waals surface area contributed by atoms with Crippen molar-refractivity contribution in [2.75, 3.05) is 14.2 Å². The van der Waals surface area contributed by atoms with Gasteiger partial charge in [0.2, 0.25) is 0 Å². The van der Waals surface area contributed by atoms with Gasteiger partial charge in [-0.2, -0.15) is 14.2 Å². The van der Waals surface area contributed by atoms with Crippen molar-refractivity contribution in [2.45, 2.75) is 62.3 Å². The first-order chi connectivity index (χ1) is 9.69. The Morgan fingerprint density at radius 3 is 1.32 bits per heavy atom. The van der Waals surface area contributed by atoms with Crippen LogP contribution in [0.2, 0.25) is 62.3 Å². The van der Waals surface area contributed by atoms with Crippen LogP contribution in [0.3, 0.4) is 0 Å². The second kappa shape index (κ2) is 8.74. The van der Waals surface area contributed by atoms with Gasteiger partial charge >= 0.3 is 129 Å². The van der Waals surface area contributed by atoms with Crippen LogP contribution in [-0.4, -0.2) is 38.4 Å². The van der Waals surface area contributed by atoms with Crippen LogP contribution in [0.1, 0.15) is 0 Å². The Bertz CT molecular complexity index is 413. The number of hydrogen-bond acceptors (Lipinski definition) is 2. The van der Waals surface area contributed by atoms with E-state index in [1.165, 1.54) is 0 Å². The SMILES string of the molecule is C[O-].C[O-].C[Si](C)(C)C1=C[C]([Ti+2])([Si](C)(C)C)C([Si](C)(C)C)=C1. The molecule has 0 spiro atoms. The molecule has 22 heavy (non-hydrogen) atoms. The third kappa shape index (κ3) is 6.00. The van der Waals surface area contributed by atoms with Gasteiger partial charge in [0.05, 0.1) is 0 Å². The maximum atomic E-state index is 8.25. The molecule has 0 aromatic heterocycles. The summed E-state index contributed by atoms with van der Waals surface area (Å²) in [5.74, 6) is 0. The van der Waals surface area contributed by atoms with Crippen molar-refractivity contribution in [1.82, 2.24) is 0 Å². The number of hydrogen-bond donors (Lipinski definition) is 0. The van der Waals surface area contributed by atoms with E-state index in [1.54, 1.807) is 5.20 Å². The monoisotopic (exact) mass is 391 g/mol. The van der Waals surface area contributed by atoms with E-state index < -0.39 is 24.2 Å². The summed E-state index contributed by atoms with van der Waals surface area (Å²) in [5.41, 5.74) is 0. The Balaban J connectivity index is 0. The fourth-order valence-electron chi connectivity index (χ4n) is 2.48. The third-order valence-electron chi connectivity index (χ3n) is 3.95. The second-order valence-corrected chi connectivity index (χ2v) is 26.1. The Morgan fingerprint density at radius 1 is 0.773 bits per heavy atom. The van der Waals surface area contributed by atoms with Gasteiger partial charge in [0.25, 0.3) is 0 Å². The summed E-state index contributed by atoms with van der Waals surface area (Å²) >= 11 is 2.52. The first-order valence-electron chi connectivity index (χ1n) is 7.72. The van der Waals surface area contributed by atoms with Gasteiger partial charge < -0.3 is 10.2 Å². The van der Waals surface area contributed by atoms with Crippen molar-refractivity contribution in [3.05, 3.63) is 22.5 Å². The molecule has 0 aromatic rings. The molecule has 0 aliphatic heterocycles. The molecule has 1 aliphatic rings. The van der Waals surface area contributed by atoms with Crippen molar-refractivity contribution >= 4 is 24.2 Å². The molecule has 2 nitrogen and oxygen atoms in total. The van der Waals surface area contributed by atoms with E-state index in [2.05, 4.69) is 91.5 Å². The Hall–Kier alpha value is 0.765. The van der Waals surface area contributed by atoms with Gasteiger partial charge in [0, 0.05) is 0 Å². The molecule has 0 heterocycles. The van der Waals surface area contributed by atoms with Crippen LogP contribution < -0.4 is 10.2 Å². The average molecular weight is 392 g/mol. The zero-order valence-electron chi connectivity index (χ0n) is 16.5. The van der Waals surface area contributed by atoms with Gasteiger partial charge in [-0.15, -0.1) is 0 Å². The summed E-state index contributed by atoms with van der Waals surface area (Å²) < 4.78 is 0.396. The average Bonchev–Trinajstić information content (AvgIpc) is 2.73. The van der Waals surface area contributed by atoms with Crippen LogP contribution in [0.4, 0.5) is 0 Å². The van der Waals surface area contributed by atoms with Crippen LogP contribution in [0, 0.1) is 0 Å². The van der Waals surface area contributed by atoms with E-state index in [-0.39, 0.29) is 0 Å². The summed E-state index contributed by atoms with van der Waals surface area (Å²) in [6.07, 6.45) is 5.30. The van der Waals surface area contributed by atoms with Gasteiger partial charge in [-0.3, -0.25) is 0 Å². The molecule has 0 radical (unpaired) electrons. The Labute approximate surface area is 153 Å². The van der Waals surface area contributed by atoms with Crippen LogP contribution >= 0.6 is 0 Å². The minimum atomic E-state index is -1.23. The van der Waals surface area contributed by atoms with Gasteiger partial charge in [-0.1, -0.05) is 0 Å². The van der Waals surface area contributed by atoms with E-state index in [1.807, 2.05) is 5.20 Å². The van der Waals surface area contributed by atoms with Crippen LogP contribution in [0.5, 0.6) is 0 Å². The molecule has 0 saturated carbocycles. The summed E-state index contributed by atoms with van der Waals surface area (Å²) in [6, 6.07) is 0. The topological polar surface area (TPSA) is 46.1 Å². The summed E-state index contributed by atoms with van der Waals surface area (Å²) in [6.45, 7) is 22.6. The van der Waals surface area contributed by atoms with Crippen molar-refractivity contribution in [3.63, 3.8) is 0 Å². The zero-order valence-corrected chi connectivity index (χ0v) is 21.0. The fourth-order valence-corrected chi connectivity index (χ4v) is 11.9. The molecule has 1 unspecified atom stereocenters. The molecule has 0 saturated heterocycles. The van der Waals surface area contributed by atoms with Crippen molar-refractivity contribution in [2.24, 2.45) is 0 Å². The van der Waals surface area contributed by atoms with Gasteiger partial charge in [-0.05, 0) is 0 Å². The van der Waals surface area contributed by atoms with E-state index in [0.29, 0.717) is 3.34 Å². The first kappa shape index (κ1) is 25.0. The molecule has 0 bridgehead atoms. The molecule has 1 rings (SSSR count). The molecule has 0 fully saturated rings. The molecule has 0 amide bonds. The molecule has 1 aliphatic carbocycles. The zero-order chi connectivity index (χ0) is 18.6. The Kier molecular flexibility index (Phi) is 9.94. The normalized spacial score (nSPS) is 22.0. The summed E-state index contributed by atoms with van der Waals surface area (Å²) in [5, 5.41) is 20.0. The standard InChI is InChI=1S/C14H29Si3.2CH3O.Ti/c1-15(2,3)12-10-13(16(4,5)6)14(11-12)17(7,8)9;2*1-2;/h10-11H,1-9H3;2*1H3;/q;2*-1;+2. The molecule has 1 atom stereocenters. The quantitative estimate of drug-likeness (QED) is 0.694. The minimum absolute atomic E-state index is 0.396. The molecule has 0 aromatic carbocycles. The third-order valence-corrected chi connectivity index (χ3v) is 15.7. The molecule has 127 valence electrons. The first-order valence-corrected chi connectivity index (χ1v) is 19.0. The fraction of sp³-hybridized carbons (Fsp3) is 0.750. The van der Waals surface area contributed by atoms with E-state index >= 15 is 0 Å². The second-order valence-electron chi connectivity index (χ2n) is 8.72. The van der Waals surface area contributed by atoms with Crippen LogP contribution in [-0.2, 0) is 20.4 Å². The molecular weight excluding hydrogens is 356 g/mol. The van der Waals surface area contributed by atoms with Crippen molar-refractivity contribution < 1.29 is 30.6 Å². The van der Waals surface area contributed by atoms with E-state index in [4.69, 9.17) is 10.2 Å². The number of allylic oxidation sites excluding steroid dienone is 4. The predicted molar refractivity (Wildman–Crippen MR) is 101 cm³/mol. The molecular formula is C16H35O2Si3Ti. The Morgan fingerprint density at radius 2 is 1.14 bits per heavy atom. The van der Waals surface area contributed by atoms with Crippen molar-refractivity contribution in [3.8, 4) is 0 Å². The molecule has 0 N–H and O–H groups in total. The number of rotatable bonds is 3. The predicted octanol–water partition coefficient (Wildman–Crippen LogP) is 3.14. The van der Waals surface area contributed by atoms with E-state index in [9.17, 15) is 0 Å². The maximum absolute atomic E-state index is 8.25.